The van der Waals surface area contributed by atoms with Crippen molar-refractivity contribution >= 4 is 17.9 Å². The topological polar surface area (TPSA) is 55.2 Å². The maximum absolute atomic E-state index is 12.4. The molecule has 1 fully saturated rings. The maximum atomic E-state index is 12.4. The summed E-state index contributed by atoms with van der Waals surface area (Å²) in [7, 11) is 1.84. The SMILES string of the molecule is Cn1cc(C[C@H]2CC(=O)N(C/C=C/c3ccccc3)C2=O)cn1. The molecule has 2 amide bonds. The van der Waals surface area contributed by atoms with Crippen LogP contribution in [-0.4, -0.2) is 33.0 Å². The Balaban J connectivity index is 1.61. The largest absolute Gasteiger partial charge is 0.278 e. The highest BCUT2D eigenvalue weighted by atomic mass is 16.2. The zero-order valence-electron chi connectivity index (χ0n) is 13.1. The molecule has 2 aromatic rings. The number of hydrogen-bond acceptors (Lipinski definition) is 3. The Kier molecular flexibility index (Phi) is 4.37. The highest BCUT2D eigenvalue weighted by Crippen LogP contribution is 2.23. The van der Waals surface area contributed by atoms with Crippen molar-refractivity contribution in [2.45, 2.75) is 12.8 Å². The number of hydrogen-bond donors (Lipinski definition) is 0. The first-order chi connectivity index (χ1) is 11.1. The number of imide groups is 1. The van der Waals surface area contributed by atoms with Crippen molar-refractivity contribution in [1.29, 1.82) is 0 Å². The van der Waals surface area contributed by atoms with Crippen molar-refractivity contribution in [2.75, 3.05) is 6.54 Å². The van der Waals surface area contributed by atoms with Gasteiger partial charge in [0, 0.05) is 26.2 Å². The zero-order chi connectivity index (χ0) is 16.2. The third kappa shape index (κ3) is 3.56. The lowest BCUT2D eigenvalue weighted by Gasteiger charge is -2.12. The van der Waals surface area contributed by atoms with Gasteiger partial charge in [0.15, 0.2) is 0 Å². The van der Waals surface area contributed by atoms with Gasteiger partial charge in [0.1, 0.15) is 0 Å². The van der Waals surface area contributed by atoms with Crippen LogP contribution in [0.3, 0.4) is 0 Å². The highest BCUT2D eigenvalue weighted by molar-refractivity contribution is 6.03. The van der Waals surface area contributed by atoms with Gasteiger partial charge < -0.3 is 0 Å². The summed E-state index contributed by atoms with van der Waals surface area (Å²) >= 11 is 0. The number of amides is 2. The predicted octanol–water partition coefficient (Wildman–Crippen LogP) is 2.05. The molecule has 1 aliphatic heterocycles. The van der Waals surface area contributed by atoms with Gasteiger partial charge in [0.25, 0.3) is 0 Å². The Hall–Kier alpha value is -2.69. The zero-order valence-corrected chi connectivity index (χ0v) is 13.1. The molecule has 5 nitrogen and oxygen atoms in total. The number of aromatic nitrogens is 2. The van der Waals surface area contributed by atoms with Crippen LogP contribution in [0.4, 0.5) is 0 Å². The van der Waals surface area contributed by atoms with E-state index in [0.29, 0.717) is 13.0 Å². The molecule has 0 aliphatic carbocycles. The van der Waals surface area contributed by atoms with E-state index in [-0.39, 0.29) is 24.2 Å². The molecule has 0 spiro atoms. The van der Waals surface area contributed by atoms with Gasteiger partial charge >= 0.3 is 0 Å². The van der Waals surface area contributed by atoms with Crippen molar-refractivity contribution in [1.82, 2.24) is 14.7 Å². The summed E-state index contributed by atoms with van der Waals surface area (Å²) in [5.74, 6) is -0.449. The summed E-state index contributed by atoms with van der Waals surface area (Å²) < 4.78 is 1.71. The fourth-order valence-electron chi connectivity index (χ4n) is 2.82. The second-order valence-electron chi connectivity index (χ2n) is 5.78. The van der Waals surface area contributed by atoms with Crippen molar-refractivity contribution in [3.8, 4) is 0 Å². The molecular formula is C18H19N3O2. The minimum atomic E-state index is -0.267. The molecular weight excluding hydrogens is 290 g/mol. The quantitative estimate of drug-likeness (QED) is 0.794. The lowest BCUT2D eigenvalue weighted by Crippen LogP contribution is -2.31. The van der Waals surface area contributed by atoms with E-state index in [1.54, 1.807) is 10.9 Å². The molecule has 0 radical (unpaired) electrons. The second-order valence-corrected chi connectivity index (χ2v) is 5.78. The Morgan fingerprint density at radius 2 is 2.04 bits per heavy atom. The molecule has 0 N–H and O–H groups in total. The number of carbonyl (C=O) groups excluding carboxylic acids is 2. The fraction of sp³-hybridized carbons (Fsp3) is 0.278. The van der Waals surface area contributed by atoms with Crippen molar-refractivity contribution < 1.29 is 9.59 Å². The summed E-state index contributed by atoms with van der Waals surface area (Å²) in [5.41, 5.74) is 2.04. The van der Waals surface area contributed by atoms with Crippen LogP contribution in [-0.2, 0) is 23.1 Å². The Morgan fingerprint density at radius 1 is 1.26 bits per heavy atom. The fourth-order valence-corrected chi connectivity index (χ4v) is 2.82. The van der Waals surface area contributed by atoms with E-state index in [1.807, 2.05) is 55.7 Å². The Labute approximate surface area is 135 Å². The minimum Gasteiger partial charge on any atom is -0.278 e. The lowest BCUT2D eigenvalue weighted by atomic mass is 10.0. The number of likely N-dealkylation sites (tertiary alicyclic amines) is 1. The predicted molar refractivity (Wildman–Crippen MR) is 87.2 cm³/mol. The molecule has 1 aliphatic rings. The van der Waals surface area contributed by atoms with Gasteiger partial charge in [-0.3, -0.25) is 19.2 Å². The van der Waals surface area contributed by atoms with Crippen molar-refractivity contribution in [3.63, 3.8) is 0 Å². The van der Waals surface area contributed by atoms with Gasteiger partial charge in [-0.2, -0.15) is 5.10 Å². The van der Waals surface area contributed by atoms with Gasteiger partial charge in [-0.25, -0.2) is 0 Å². The molecule has 0 saturated carbocycles. The van der Waals surface area contributed by atoms with E-state index in [2.05, 4.69) is 5.10 Å². The Bertz CT molecular complexity index is 734. The van der Waals surface area contributed by atoms with E-state index >= 15 is 0 Å². The molecule has 1 atom stereocenters. The van der Waals surface area contributed by atoms with Crippen molar-refractivity contribution in [2.24, 2.45) is 13.0 Å². The van der Waals surface area contributed by atoms with Gasteiger partial charge in [0.05, 0.1) is 12.1 Å². The van der Waals surface area contributed by atoms with E-state index in [0.717, 1.165) is 11.1 Å². The molecule has 2 heterocycles. The van der Waals surface area contributed by atoms with Gasteiger partial charge in [0.2, 0.25) is 11.8 Å². The summed E-state index contributed by atoms with van der Waals surface area (Å²) in [6, 6.07) is 9.82. The first-order valence-corrected chi connectivity index (χ1v) is 7.67. The standard InChI is InChI=1S/C18H19N3O2/c1-20-13-15(12-19-20)10-16-11-17(22)21(18(16)23)9-5-8-14-6-3-2-4-7-14/h2-8,12-13,16H,9-11H2,1H3/b8-5+/t16-/m0/s1. The van der Waals surface area contributed by atoms with E-state index in [9.17, 15) is 9.59 Å². The van der Waals surface area contributed by atoms with E-state index in [1.165, 1.54) is 4.90 Å². The molecule has 5 heteroatoms. The molecule has 118 valence electrons. The average molecular weight is 309 g/mol. The van der Waals surface area contributed by atoms with Gasteiger partial charge in [-0.15, -0.1) is 0 Å². The molecule has 0 bridgehead atoms. The van der Waals surface area contributed by atoms with E-state index in [4.69, 9.17) is 0 Å². The van der Waals surface area contributed by atoms with Crippen LogP contribution in [0.25, 0.3) is 6.08 Å². The first-order valence-electron chi connectivity index (χ1n) is 7.67. The van der Waals surface area contributed by atoms with E-state index < -0.39 is 0 Å². The summed E-state index contributed by atoms with van der Waals surface area (Å²) in [5, 5.41) is 4.10. The minimum absolute atomic E-state index is 0.0865. The third-order valence-electron chi connectivity index (χ3n) is 3.98. The van der Waals surface area contributed by atoms with Crippen LogP contribution in [0.2, 0.25) is 0 Å². The average Bonchev–Trinajstić information content (AvgIpc) is 3.06. The highest BCUT2D eigenvalue weighted by Gasteiger charge is 2.37. The van der Waals surface area contributed by atoms with Gasteiger partial charge in [-0.1, -0.05) is 42.5 Å². The molecule has 3 rings (SSSR count). The number of carbonyl (C=O) groups is 2. The van der Waals surface area contributed by atoms with Crippen LogP contribution in [0.5, 0.6) is 0 Å². The number of nitrogens with zero attached hydrogens (tertiary/aromatic N) is 3. The van der Waals surface area contributed by atoms with Crippen LogP contribution >= 0.6 is 0 Å². The molecule has 1 aromatic heterocycles. The smallest absolute Gasteiger partial charge is 0.233 e. The third-order valence-corrected chi connectivity index (χ3v) is 3.98. The molecule has 23 heavy (non-hydrogen) atoms. The van der Waals surface area contributed by atoms with Gasteiger partial charge in [-0.05, 0) is 17.5 Å². The molecule has 1 saturated heterocycles. The van der Waals surface area contributed by atoms with Crippen molar-refractivity contribution in [3.05, 3.63) is 59.9 Å². The number of rotatable bonds is 5. The number of aryl methyl sites for hydroxylation is 1. The first kappa shape index (κ1) is 15.2. The lowest BCUT2D eigenvalue weighted by molar-refractivity contribution is -0.138. The monoisotopic (exact) mass is 309 g/mol. The molecule has 0 unspecified atom stereocenters. The number of benzene rings is 1. The van der Waals surface area contributed by atoms with Crippen LogP contribution < -0.4 is 0 Å². The second kappa shape index (κ2) is 6.60. The van der Waals surface area contributed by atoms with Crippen LogP contribution in [0, 0.1) is 5.92 Å². The normalized spacial score (nSPS) is 18.3. The summed E-state index contributed by atoms with van der Waals surface area (Å²) in [4.78, 5) is 25.8. The molecule has 1 aromatic carbocycles. The van der Waals surface area contributed by atoms with Crippen LogP contribution in [0.15, 0.2) is 48.8 Å². The maximum Gasteiger partial charge on any atom is 0.233 e. The van der Waals surface area contributed by atoms with Crippen LogP contribution in [0.1, 0.15) is 17.5 Å². The summed E-state index contributed by atoms with van der Waals surface area (Å²) in [6.45, 7) is 0.329. The Morgan fingerprint density at radius 3 is 2.74 bits per heavy atom. The summed E-state index contributed by atoms with van der Waals surface area (Å²) in [6.07, 6.45) is 8.27.